The van der Waals surface area contributed by atoms with E-state index < -0.39 is 0 Å². The summed E-state index contributed by atoms with van der Waals surface area (Å²) in [6.45, 7) is 3.49. The Hall–Kier alpha value is -1.07. The monoisotopic (exact) mass is 314 g/mol. The molecule has 1 aromatic rings. The molecule has 1 rings (SSSR count). The molecule has 0 fully saturated rings. The lowest BCUT2D eigenvalue weighted by atomic mass is 10.2. The number of benzene rings is 1. The molecule has 0 aliphatic rings. The van der Waals surface area contributed by atoms with Gasteiger partial charge in [0.1, 0.15) is 5.75 Å². The summed E-state index contributed by atoms with van der Waals surface area (Å²) in [6.07, 6.45) is 0. The number of halogens is 1. The maximum Gasteiger partial charge on any atom is 0.257 e. The third-order valence-electron chi connectivity index (χ3n) is 2.33. The van der Waals surface area contributed by atoms with Crippen LogP contribution in [0.5, 0.6) is 5.75 Å². The Labute approximate surface area is 116 Å². The third-order valence-corrected chi connectivity index (χ3v) is 2.95. The molecule has 1 N–H and O–H groups in total. The molecule has 18 heavy (non-hydrogen) atoms. The Morgan fingerprint density at radius 3 is 2.78 bits per heavy atom. The standard InChI is InChI=1S/C13H19BrN2O2/c1-10-4-5-12(11(14)8-10)18-9-13(17)15-6-7-16(2)3/h4-5,8H,6-7,9H2,1-3H3,(H,15,17). The van der Waals surface area contributed by atoms with Crippen LogP contribution in [0.3, 0.4) is 0 Å². The number of hydrogen-bond donors (Lipinski definition) is 1. The van der Waals surface area contributed by atoms with Crippen molar-refractivity contribution in [2.75, 3.05) is 33.8 Å². The van der Waals surface area contributed by atoms with E-state index in [4.69, 9.17) is 4.74 Å². The van der Waals surface area contributed by atoms with Crippen molar-refractivity contribution < 1.29 is 9.53 Å². The quantitative estimate of drug-likeness (QED) is 0.870. The second kappa shape index (κ2) is 7.38. The fourth-order valence-corrected chi connectivity index (χ4v) is 1.94. The normalized spacial score (nSPS) is 10.5. The lowest BCUT2D eigenvalue weighted by Crippen LogP contribution is -2.34. The van der Waals surface area contributed by atoms with Crippen LogP contribution in [0.2, 0.25) is 0 Å². The summed E-state index contributed by atoms with van der Waals surface area (Å²) >= 11 is 3.41. The smallest absolute Gasteiger partial charge is 0.257 e. The zero-order chi connectivity index (χ0) is 13.5. The maximum atomic E-state index is 11.5. The van der Waals surface area contributed by atoms with Crippen molar-refractivity contribution >= 4 is 21.8 Å². The van der Waals surface area contributed by atoms with Crippen molar-refractivity contribution in [2.45, 2.75) is 6.92 Å². The van der Waals surface area contributed by atoms with Gasteiger partial charge >= 0.3 is 0 Å². The van der Waals surface area contributed by atoms with Crippen molar-refractivity contribution in [1.82, 2.24) is 10.2 Å². The molecular formula is C13H19BrN2O2. The van der Waals surface area contributed by atoms with E-state index >= 15 is 0 Å². The minimum atomic E-state index is -0.107. The predicted molar refractivity (Wildman–Crippen MR) is 75.9 cm³/mol. The second-order valence-corrected chi connectivity index (χ2v) is 5.23. The van der Waals surface area contributed by atoms with Gasteiger partial charge < -0.3 is 15.0 Å². The number of nitrogens with one attached hydrogen (secondary N) is 1. The van der Waals surface area contributed by atoms with Gasteiger partial charge in [0.25, 0.3) is 5.91 Å². The fourth-order valence-electron chi connectivity index (χ4n) is 1.34. The molecular weight excluding hydrogens is 296 g/mol. The number of rotatable bonds is 6. The second-order valence-electron chi connectivity index (χ2n) is 4.38. The van der Waals surface area contributed by atoms with E-state index in [2.05, 4.69) is 21.2 Å². The highest BCUT2D eigenvalue weighted by Gasteiger charge is 2.05. The van der Waals surface area contributed by atoms with Crippen LogP contribution in [0.25, 0.3) is 0 Å². The Kier molecular flexibility index (Phi) is 6.15. The van der Waals surface area contributed by atoms with Gasteiger partial charge in [-0.2, -0.15) is 0 Å². The number of aryl methyl sites for hydroxylation is 1. The average molecular weight is 315 g/mol. The van der Waals surface area contributed by atoms with Crippen molar-refractivity contribution in [1.29, 1.82) is 0 Å². The first-order chi connectivity index (χ1) is 8.49. The summed E-state index contributed by atoms with van der Waals surface area (Å²) < 4.78 is 6.30. The van der Waals surface area contributed by atoms with Crippen LogP contribution < -0.4 is 10.1 Å². The largest absolute Gasteiger partial charge is 0.483 e. The van der Waals surface area contributed by atoms with E-state index in [0.717, 1.165) is 16.6 Å². The first kappa shape index (κ1) is 15.0. The topological polar surface area (TPSA) is 41.6 Å². The zero-order valence-corrected chi connectivity index (χ0v) is 12.6. The number of ether oxygens (including phenoxy) is 1. The molecule has 100 valence electrons. The molecule has 0 spiro atoms. The van der Waals surface area contributed by atoms with E-state index in [1.807, 2.05) is 44.1 Å². The number of hydrogen-bond acceptors (Lipinski definition) is 3. The summed E-state index contributed by atoms with van der Waals surface area (Å²) in [5, 5.41) is 2.79. The van der Waals surface area contributed by atoms with Crippen LogP contribution in [-0.2, 0) is 4.79 Å². The third kappa shape index (κ3) is 5.51. The minimum absolute atomic E-state index is 0.0368. The molecule has 0 atom stereocenters. The number of carbonyl (C=O) groups excluding carboxylic acids is 1. The molecule has 0 bridgehead atoms. The van der Waals surface area contributed by atoms with Gasteiger partial charge in [0.2, 0.25) is 0 Å². The minimum Gasteiger partial charge on any atom is -0.483 e. The molecule has 4 nitrogen and oxygen atoms in total. The number of nitrogens with zero attached hydrogens (tertiary/aromatic N) is 1. The molecule has 0 heterocycles. The Bertz CT molecular complexity index is 408. The summed E-state index contributed by atoms with van der Waals surface area (Å²) in [4.78, 5) is 13.5. The Morgan fingerprint density at radius 1 is 1.44 bits per heavy atom. The fraction of sp³-hybridized carbons (Fsp3) is 0.462. The Morgan fingerprint density at radius 2 is 2.17 bits per heavy atom. The number of likely N-dealkylation sites (N-methyl/N-ethyl adjacent to an activating group) is 1. The summed E-state index contributed by atoms with van der Waals surface area (Å²) in [6, 6.07) is 5.76. The van der Waals surface area contributed by atoms with Gasteiger partial charge in [0, 0.05) is 13.1 Å². The van der Waals surface area contributed by atoms with Crippen molar-refractivity contribution in [2.24, 2.45) is 0 Å². The van der Waals surface area contributed by atoms with Gasteiger partial charge in [-0.25, -0.2) is 0 Å². The number of amides is 1. The Balaban J connectivity index is 2.33. The highest BCUT2D eigenvalue weighted by atomic mass is 79.9. The molecule has 1 amide bonds. The van der Waals surface area contributed by atoms with E-state index in [9.17, 15) is 4.79 Å². The van der Waals surface area contributed by atoms with Crippen LogP contribution in [0, 0.1) is 6.92 Å². The zero-order valence-electron chi connectivity index (χ0n) is 11.0. The summed E-state index contributed by atoms with van der Waals surface area (Å²) in [5.41, 5.74) is 1.14. The lowest BCUT2D eigenvalue weighted by molar-refractivity contribution is -0.123. The van der Waals surface area contributed by atoms with Gasteiger partial charge in [-0.15, -0.1) is 0 Å². The van der Waals surface area contributed by atoms with E-state index in [1.54, 1.807) is 0 Å². The van der Waals surface area contributed by atoms with Gasteiger partial charge in [-0.05, 0) is 54.6 Å². The highest BCUT2D eigenvalue weighted by molar-refractivity contribution is 9.10. The molecule has 1 aromatic carbocycles. The lowest BCUT2D eigenvalue weighted by Gasteiger charge is -2.11. The maximum absolute atomic E-state index is 11.5. The van der Waals surface area contributed by atoms with Crippen LogP contribution >= 0.6 is 15.9 Å². The van der Waals surface area contributed by atoms with Crippen LogP contribution in [0.4, 0.5) is 0 Å². The van der Waals surface area contributed by atoms with E-state index in [0.29, 0.717) is 12.3 Å². The van der Waals surface area contributed by atoms with Crippen LogP contribution in [0.15, 0.2) is 22.7 Å². The average Bonchev–Trinajstić information content (AvgIpc) is 2.27. The molecule has 0 unspecified atom stereocenters. The van der Waals surface area contributed by atoms with Crippen molar-refractivity contribution in [3.63, 3.8) is 0 Å². The molecule has 0 aliphatic heterocycles. The van der Waals surface area contributed by atoms with E-state index in [1.165, 1.54) is 0 Å². The van der Waals surface area contributed by atoms with Gasteiger partial charge in [-0.1, -0.05) is 6.07 Å². The molecule has 0 radical (unpaired) electrons. The van der Waals surface area contributed by atoms with Gasteiger partial charge in [-0.3, -0.25) is 4.79 Å². The molecule has 5 heteroatoms. The first-order valence-electron chi connectivity index (χ1n) is 5.79. The van der Waals surface area contributed by atoms with Gasteiger partial charge in [0.05, 0.1) is 4.47 Å². The number of carbonyl (C=O) groups is 1. The predicted octanol–water partition coefficient (Wildman–Crippen LogP) is 1.81. The summed E-state index contributed by atoms with van der Waals surface area (Å²) in [7, 11) is 3.93. The van der Waals surface area contributed by atoms with Crippen LogP contribution in [0.1, 0.15) is 5.56 Å². The van der Waals surface area contributed by atoms with Gasteiger partial charge in [0.15, 0.2) is 6.61 Å². The molecule has 0 aromatic heterocycles. The molecule has 0 saturated carbocycles. The highest BCUT2D eigenvalue weighted by Crippen LogP contribution is 2.25. The van der Waals surface area contributed by atoms with Crippen molar-refractivity contribution in [3.05, 3.63) is 28.2 Å². The molecule has 0 aliphatic carbocycles. The first-order valence-corrected chi connectivity index (χ1v) is 6.58. The van der Waals surface area contributed by atoms with Crippen molar-refractivity contribution in [3.8, 4) is 5.75 Å². The van der Waals surface area contributed by atoms with E-state index in [-0.39, 0.29) is 12.5 Å². The SMILES string of the molecule is Cc1ccc(OCC(=O)NCCN(C)C)c(Br)c1. The van der Waals surface area contributed by atoms with Crippen LogP contribution in [-0.4, -0.2) is 44.6 Å². The summed E-state index contributed by atoms with van der Waals surface area (Å²) in [5.74, 6) is 0.577. The molecule has 0 saturated heterocycles.